The van der Waals surface area contributed by atoms with Gasteiger partial charge in [-0.05, 0) is 126 Å². The highest BCUT2D eigenvalue weighted by molar-refractivity contribution is 6.28. The van der Waals surface area contributed by atoms with Crippen molar-refractivity contribution in [3.05, 3.63) is 265 Å². The summed E-state index contributed by atoms with van der Waals surface area (Å²) in [6.45, 7) is 9.50. The molecule has 2 aliphatic carbocycles. The summed E-state index contributed by atoms with van der Waals surface area (Å²) in [5.41, 5.74) is 22.0. The van der Waals surface area contributed by atoms with Crippen molar-refractivity contribution < 1.29 is 0 Å². The van der Waals surface area contributed by atoms with E-state index in [9.17, 15) is 0 Å². The van der Waals surface area contributed by atoms with Crippen LogP contribution in [0.2, 0.25) is 0 Å². The van der Waals surface area contributed by atoms with E-state index in [1.165, 1.54) is 110 Å². The number of rotatable bonds is 8. The molecule has 2 aliphatic rings. The van der Waals surface area contributed by atoms with E-state index < -0.39 is 0 Å². The Balaban J connectivity index is 1.04. The lowest BCUT2D eigenvalue weighted by molar-refractivity contribution is 0.660. The van der Waals surface area contributed by atoms with Gasteiger partial charge in [0.1, 0.15) is 0 Å². The predicted molar refractivity (Wildman–Crippen MR) is 306 cm³/mol. The van der Waals surface area contributed by atoms with Crippen molar-refractivity contribution in [1.82, 2.24) is 0 Å². The molecule has 342 valence electrons. The van der Waals surface area contributed by atoms with E-state index in [1.807, 2.05) is 0 Å². The van der Waals surface area contributed by atoms with Crippen LogP contribution in [0.25, 0.3) is 76.8 Å². The van der Waals surface area contributed by atoms with E-state index in [4.69, 9.17) is 0 Å². The first-order valence-electron chi connectivity index (χ1n) is 25.3. The summed E-state index contributed by atoms with van der Waals surface area (Å²) in [6, 6.07) is 90.5. The lowest BCUT2D eigenvalue weighted by atomic mass is 9.82. The van der Waals surface area contributed by atoms with Crippen molar-refractivity contribution >= 4 is 66.4 Å². The van der Waals surface area contributed by atoms with E-state index in [1.54, 1.807) is 0 Å². The van der Waals surface area contributed by atoms with Gasteiger partial charge in [-0.2, -0.15) is 0 Å². The van der Waals surface area contributed by atoms with Crippen LogP contribution in [0, 0.1) is 0 Å². The van der Waals surface area contributed by atoms with Crippen molar-refractivity contribution in [1.29, 1.82) is 0 Å². The SMILES string of the molecule is CC1(C)c2ccccc2-c2c(N(c3cccc(-c4ccccc4)c3)c3ccc4ccc5c(N(c6cccc(-c7ccccc7)c6)c6cccc7c6-c6ccccc6C7(C)C)ccc6ccc3c4c65)cccc21. The third-order valence-electron chi connectivity index (χ3n) is 16.2. The fraction of sp³-hybridized carbons (Fsp3) is 0.0857. The number of anilines is 6. The Morgan fingerprint density at radius 3 is 1.08 bits per heavy atom. The van der Waals surface area contributed by atoms with Crippen LogP contribution in [0.15, 0.2) is 243 Å². The predicted octanol–water partition coefficient (Wildman–Crippen LogP) is 19.5. The molecule has 0 aromatic heterocycles. The summed E-state index contributed by atoms with van der Waals surface area (Å²) in [7, 11) is 0. The summed E-state index contributed by atoms with van der Waals surface area (Å²) in [5, 5.41) is 7.41. The van der Waals surface area contributed by atoms with Gasteiger partial charge in [0.2, 0.25) is 0 Å². The second kappa shape index (κ2) is 15.9. The molecule has 0 saturated heterocycles. The molecule has 2 heteroatoms. The number of nitrogens with zero attached hydrogens (tertiary/aromatic N) is 2. The monoisotopic (exact) mass is 920 g/mol. The van der Waals surface area contributed by atoms with Gasteiger partial charge in [-0.1, -0.05) is 222 Å². The summed E-state index contributed by atoms with van der Waals surface area (Å²) in [4.78, 5) is 5.09. The van der Waals surface area contributed by atoms with Gasteiger partial charge in [0.15, 0.2) is 0 Å². The van der Waals surface area contributed by atoms with E-state index >= 15 is 0 Å². The molecule has 0 radical (unpaired) electrons. The Bertz CT molecular complexity index is 3840. The topological polar surface area (TPSA) is 6.48 Å². The van der Waals surface area contributed by atoms with E-state index in [0.29, 0.717) is 0 Å². The lowest BCUT2D eigenvalue weighted by Crippen LogP contribution is -2.16. The molecular formula is C70H52N2. The number of hydrogen-bond acceptors (Lipinski definition) is 2. The lowest BCUT2D eigenvalue weighted by Gasteiger charge is -2.32. The average Bonchev–Trinajstić information content (AvgIpc) is 3.82. The molecule has 0 atom stereocenters. The van der Waals surface area contributed by atoms with Gasteiger partial charge < -0.3 is 9.80 Å². The molecule has 0 spiro atoms. The highest BCUT2D eigenvalue weighted by Crippen LogP contribution is 2.58. The zero-order valence-corrected chi connectivity index (χ0v) is 41.0. The summed E-state index contributed by atoms with van der Waals surface area (Å²) < 4.78 is 0. The zero-order chi connectivity index (χ0) is 48.3. The molecule has 0 N–H and O–H groups in total. The molecule has 2 nitrogen and oxygen atoms in total. The highest BCUT2D eigenvalue weighted by atomic mass is 15.2. The van der Waals surface area contributed by atoms with Gasteiger partial charge in [0.05, 0.1) is 22.7 Å². The number of hydrogen-bond donors (Lipinski definition) is 0. The molecule has 0 unspecified atom stereocenters. The normalized spacial score (nSPS) is 13.8. The minimum Gasteiger partial charge on any atom is -0.309 e. The zero-order valence-electron chi connectivity index (χ0n) is 41.0. The molecule has 12 aromatic rings. The Morgan fingerprint density at radius 2 is 0.639 bits per heavy atom. The number of benzene rings is 12. The molecule has 0 saturated carbocycles. The molecule has 0 heterocycles. The van der Waals surface area contributed by atoms with Crippen LogP contribution in [0.3, 0.4) is 0 Å². The molecule has 0 fully saturated rings. The fourth-order valence-electron chi connectivity index (χ4n) is 12.7. The molecule has 14 rings (SSSR count). The summed E-state index contributed by atoms with van der Waals surface area (Å²) in [5.74, 6) is 0. The largest absolute Gasteiger partial charge is 0.309 e. The van der Waals surface area contributed by atoms with Gasteiger partial charge in [-0.3, -0.25) is 0 Å². The maximum absolute atomic E-state index is 2.55. The first-order chi connectivity index (χ1) is 35.3. The second-order valence-corrected chi connectivity index (χ2v) is 20.8. The highest BCUT2D eigenvalue weighted by Gasteiger charge is 2.39. The van der Waals surface area contributed by atoms with Crippen molar-refractivity contribution in [2.75, 3.05) is 9.80 Å². The van der Waals surface area contributed by atoms with Crippen LogP contribution in [0.4, 0.5) is 34.1 Å². The van der Waals surface area contributed by atoms with Crippen molar-refractivity contribution in [3.8, 4) is 44.5 Å². The maximum Gasteiger partial charge on any atom is 0.0543 e. The van der Waals surface area contributed by atoms with E-state index in [0.717, 1.165) is 22.7 Å². The molecule has 72 heavy (non-hydrogen) atoms. The number of fused-ring (bicyclic) bond motifs is 6. The first kappa shape index (κ1) is 42.2. The minimum atomic E-state index is -0.151. The fourth-order valence-corrected chi connectivity index (χ4v) is 12.7. The Labute approximate surface area is 422 Å². The van der Waals surface area contributed by atoms with Crippen LogP contribution in [-0.2, 0) is 10.8 Å². The Kier molecular flexibility index (Phi) is 9.32. The standard InChI is InChI=1S/C70H52N2/c1-69(2)57-29-13-11-27-53(57)67-59(69)31-17-33-63(67)71(51-25-15-23-49(43-51)45-19-7-5-8-20-45)61-41-37-47-36-40-56-62(42-38-48-35-39-55(61)65(47)66(48)56)72(52-26-16-24-50(44-52)46-21-9-6-10-22-46)64-34-18-32-60-68(64)54-28-12-14-30-58(54)70(60,3)4/h5-44H,1-4H3. The van der Waals surface area contributed by atoms with Crippen molar-refractivity contribution in [2.24, 2.45) is 0 Å². The smallest absolute Gasteiger partial charge is 0.0543 e. The van der Waals surface area contributed by atoms with Gasteiger partial charge in [-0.15, -0.1) is 0 Å². The van der Waals surface area contributed by atoms with Crippen LogP contribution >= 0.6 is 0 Å². The third kappa shape index (κ3) is 6.22. The first-order valence-corrected chi connectivity index (χ1v) is 25.3. The summed E-state index contributed by atoms with van der Waals surface area (Å²) >= 11 is 0. The van der Waals surface area contributed by atoms with Crippen molar-refractivity contribution in [2.45, 2.75) is 38.5 Å². The minimum absolute atomic E-state index is 0.151. The molecule has 0 aliphatic heterocycles. The second-order valence-electron chi connectivity index (χ2n) is 20.8. The Morgan fingerprint density at radius 1 is 0.278 bits per heavy atom. The molecular weight excluding hydrogens is 869 g/mol. The molecule has 0 amide bonds. The van der Waals surface area contributed by atoms with E-state index in [-0.39, 0.29) is 10.8 Å². The maximum atomic E-state index is 2.55. The van der Waals surface area contributed by atoms with Crippen molar-refractivity contribution in [3.63, 3.8) is 0 Å². The van der Waals surface area contributed by atoms with Crippen LogP contribution < -0.4 is 9.80 Å². The van der Waals surface area contributed by atoms with Crippen LogP contribution in [0.1, 0.15) is 49.9 Å². The van der Waals surface area contributed by atoms with Gasteiger partial charge in [0.25, 0.3) is 0 Å². The van der Waals surface area contributed by atoms with Gasteiger partial charge >= 0.3 is 0 Å². The quantitative estimate of drug-likeness (QED) is 0.140. The molecule has 12 aromatic carbocycles. The van der Waals surface area contributed by atoms with Gasteiger partial charge in [0, 0.05) is 44.1 Å². The molecule has 0 bridgehead atoms. The van der Waals surface area contributed by atoms with Crippen LogP contribution in [0.5, 0.6) is 0 Å². The Hall–Kier alpha value is -8.72. The van der Waals surface area contributed by atoms with Gasteiger partial charge in [-0.25, -0.2) is 0 Å². The third-order valence-corrected chi connectivity index (χ3v) is 16.2. The van der Waals surface area contributed by atoms with Crippen LogP contribution in [-0.4, -0.2) is 0 Å². The average molecular weight is 921 g/mol. The van der Waals surface area contributed by atoms with E-state index in [2.05, 4.69) is 280 Å². The summed E-state index contributed by atoms with van der Waals surface area (Å²) in [6.07, 6.45) is 0.